The summed E-state index contributed by atoms with van der Waals surface area (Å²) in [4.78, 5) is 37.1. The number of carboxylic acid groups (broad SMARTS) is 1. The molecule has 0 aliphatic carbocycles. The molecule has 0 bridgehead atoms. The van der Waals surface area contributed by atoms with Crippen molar-refractivity contribution >= 4 is 17.9 Å². The average molecular weight is 797 g/mol. The topological polar surface area (TPSA) is 108 Å². The predicted octanol–water partition coefficient (Wildman–Crippen LogP) is 12.3. The number of hydrogen-bond donors (Lipinski definition) is 1. The highest BCUT2D eigenvalue weighted by atomic mass is 16.7. The number of esters is 2. The smallest absolute Gasteiger partial charge is 0.361 e. The first kappa shape index (κ1) is 54.0. The van der Waals surface area contributed by atoms with Crippen molar-refractivity contribution in [3.8, 4) is 0 Å². The highest BCUT2D eigenvalue weighted by Gasteiger charge is 2.25. The maximum absolute atomic E-state index is 12.8. The Balaban J connectivity index is 4.41. The van der Waals surface area contributed by atoms with Gasteiger partial charge in [0.05, 0.1) is 34.4 Å². The largest absolute Gasteiger partial charge is 0.477 e. The van der Waals surface area contributed by atoms with E-state index in [2.05, 4.69) is 26.0 Å². The monoisotopic (exact) mass is 797 g/mol. The highest BCUT2D eigenvalue weighted by molar-refractivity contribution is 5.71. The van der Waals surface area contributed by atoms with Crippen molar-refractivity contribution in [2.45, 2.75) is 225 Å². The van der Waals surface area contributed by atoms with Gasteiger partial charge in [-0.2, -0.15) is 0 Å². The van der Waals surface area contributed by atoms with Crippen molar-refractivity contribution in [3.05, 3.63) is 12.2 Å². The molecule has 0 spiro atoms. The SMILES string of the molecule is CCCCCCCCC/C=C\CCCCCCCC(=O)OC(COC(=O)CCCCCCCCCCCCCCCCC)COC(OCC[N+](C)(C)C)C(=O)O. The Hall–Kier alpha value is -1.97. The van der Waals surface area contributed by atoms with Gasteiger partial charge in [0, 0.05) is 12.8 Å². The lowest BCUT2D eigenvalue weighted by molar-refractivity contribution is -0.870. The van der Waals surface area contributed by atoms with Gasteiger partial charge in [-0.15, -0.1) is 0 Å². The first-order chi connectivity index (χ1) is 27.1. The molecule has 0 aromatic carbocycles. The van der Waals surface area contributed by atoms with Crippen LogP contribution in [0.25, 0.3) is 0 Å². The molecule has 0 heterocycles. The van der Waals surface area contributed by atoms with E-state index in [9.17, 15) is 19.5 Å². The molecule has 0 saturated heterocycles. The molecule has 9 heteroatoms. The summed E-state index contributed by atoms with van der Waals surface area (Å²) < 4.78 is 22.7. The number of allylic oxidation sites excluding steroid dienone is 2. The molecule has 56 heavy (non-hydrogen) atoms. The zero-order valence-corrected chi connectivity index (χ0v) is 37.3. The van der Waals surface area contributed by atoms with Crippen LogP contribution in [0.15, 0.2) is 12.2 Å². The number of hydrogen-bond acceptors (Lipinski definition) is 7. The summed E-state index contributed by atoms with van der Waals surface area (Å²) in [5.74, 6) is -2.00. The third-order valence-corrected chi connectivity index (χ3v) is 10.3. The average Bonchev–Trinajstić information content (AvgIpc) is 3.15. The third kappa shape index (κ3) is 40.2. The molecule has 330 valence electrons. The molecule has 1 N–H and O–H groups in total. The molecule has 0 rings (SSSR count). The van der Waals surface area contributed by atoms with Gasteiger partial charge >= 0.3 is 17.9 Å². The molecule has 2 atom stereocenters. The molecule has 0 fully saturated rings. The first-order valence-electron chi connectivity index (χ1n) is 23.4. The fourth-order valence-corrected chi connectivity index (χ4v) is 6.60. The van der Waals surface area contributed by atoms with E-state index in [1.165, 1.54) is 128 Å². The minimum Gasteiger partial charge on any atom is -0.477 e. The molecule has 0 aliphatic rings. The zero-order chi connectivity index (χ0) is 41.4. The van der Waals surface area contributed by atoms with E-state index in [0.717, 1.165) is 51.4 Å². The van der Waals surface area contributed by atoms with Crippen LogP contribution < -0.4 is 0 Å². The number of nitrogens with zero attached hydrogens (tertiary/aromatic N) is 1. The number of likely N-dealkylation sites (N-methyl/N-ethyl adjacent to an activating group) is 1. The fraction of sp³-hybridized carbons (Fsp3) is 0.894. The van der Waals surface area contributed by atoms with Gasteiger partial charge in [-0.05, 0) is 38.5 Å². The lowest BCUT2D eigenvalue weighted by Gasteiger charge is -2.25. The molecular formula is C47H90NO8+. The predicted molar refractivity (Wildman–Crippen MR) is 231 cm³/mol. The zero-order valence-electron chi connectivity index (χ0n) is 37.3. The van der Waals surface area contributed by atoms with E-state index in [1.54, 1.807) is 0 Å². The van der Waals surface area contributed by atoms with Crippen molar-refractivity contribution in [2.24, 2.45) is 0 Å². The molecule has 0 amide bonds. The Bertz CT molecular complexity index is 934. The summed E-state index contributed by atoms with van der Waals surface area (Å²) in [5, 5.41) is 9.64. The number of unbranched alkanes of at least 4 members (excludes halogenated alkanes) is 26. The van der Waals surface area contributed by atoms with Gasteiger partial charge in [-0.1, -0.05) is 174 Å². The fourth-order valence-electron chi connectivity index (χ4n) is 6.60. The van der Waals surface area contributed by atoms with Gasteiger partial charge in [-0.25, -0.2) is 4.79 Å². The standard InChI is InChI=1S/C47H89NO8/c1-6-8-10-12-14-16-18-20-22-24-26-28-30-32-34-36-38-45(50)56-43(42-55-47(46(51)52)53-40-39-48(3,4)5)41-54-44(49)37-35-33-31-29-27-25-23-21-19-17-15-13-11-9-7-2/h22,24,43,47H,6-21,23,25-42H2,1-5H3/p+1/b24-22-. The number of carbonyl (C=O) groups is 3. The van der Waals surface area contributed by atoms with Gasteiger partial charge in [0.25, 0.3) is 6.29 Å². The number of ether oxygens (including phenoxy) is 4. The van der Waals surface area contributed by atoms with Crippen LogP contribution in [-0.4, -0.2) is 87.4 Å². The molecule has 0 aliphatic heterocycles. The quantitative estimate of drug-likeness (QED) is 0.0214. The van der Waals surface area contributed by atoms with Crippen LogP contribution in [0.5, 0.6) is 0 Å². The van der Waals surface area contributed by atoms with Gasteiger partial charge < -0.3 is 28.5 Å². The van der Waals surface area contributed by atoms with Gasteiger partial charge in [0.1, 0.15) is 13.2 Å². The number of carbonyl (C=O) groups excluding carboxylic acids is 2. The number of carboxylic acids is 1. The van der Waals surface area contributed by atoms with Crippen molar-refractivity contribution in [2.75, 3.05) is 47.5 Å². The lowest BCUT2D eigenvalue weighted by atomic mass is 10.0. The Morgan fingerprint density at radius 2 is 0.911 bits per heavy atom. The summed E-state index contributed by atoms with van der Waals surface area (Å²) in [6.07, 6.45) is 38.3. The van der Waals surface area contributed by atoms with Crippen molar-refractivity contribution < 1.29 is 42.9 Å². The Morgan fingerprint density at radius 1 is 0.518 bits per heavy atom. The second-order valence-electron chi connectivity index (χ2n) is 17.1. The van der Waals surface area contributed by atoms with E-state index in [0.29, 0.717) is 23.9 Å². The minimum atomic E-state index is -1.51. The Kier molecular flexibility index (Phi) is 38.4. The minimum absolute atomic E-state index is 0.180. The van der Waals surface area contributed by atoms with Crippen molar-refractivity contribution in [1.82, 2.24) is 0 Å². The molecule has 0 saturated carbocycles. The van der Waals surface area contributed by atoms with Crippen LogP contribution in [0.2, 0.25) is 0 Å². The Labute approximate surface area is 345 Å². The van der Waals surface area contributed by atoms with Gasteiger partial charge in [0.15, 0.2) is 6.10 Å². The summed E-state index contributed by atoms with van der Waals surface area (Å²) in [5.41, 5.74) is 0. The molecule has 0 aromatic heterocycles. The third-order valence-electron chi connectivity index (χ3n) is 10.3. The van der Waals surface area contributed by atoms with Gasteiger partial charge in [-0.3, -0.25) is 9.59 Å². The lowest BCUT2D eigenvalue weighted by Crippen LogP contribution is -2.40. The van der Waals surface area contributed by atoms with E-state index in [4.69, 9.17) is 18.9 Å². The normalized spacial score (nSPS) is 12.9. The molecule has 0 radical (unpaired) electrons. The van der Waals surface area contributed by atoms with Crippen LogP contribution in [-0.2, 0) is 33.3 Å². The summed E-state index contributed by atoms with van der Waals surface area (Å²) in [7, 11) is 5.96. The summed E-state index contributed by atoms with van der Waals surface area (Å²) >= 11 is 0. The second-order valence-corrected chi connectivity index (χ2v) is 17.1. The molecule has 0 aromatic rings. The molecule has 9 nitrogen and oxygen atoms in total. The molecular weight excluding hydrogens is 707 g/mol. The molecule has 2 unspecified atom stereocenters. The van der Waals surface area contributed by atoms with Crippen LogP contribution in [0.1, 0.15) is 213 Å². The highest BCUT2D eigenvalue weighted by Crippen LogP contribution is 2.15. The van der Waals surface area contributed by atoms with Crippen LogP contribution in [0, 0.1) is 0 Å². The second kappa shape index (κ2) is 39.8. The Morgan fingerprint density at radius 3 is 1.32 bits per heavy atom. The maximum atomic E-state index is 12.8. The number of rotatable bonds is 43. The summed E-state index contributed by atoms with van der Waals surface area (Å²) in [6.45, 7) is 4.88. The maximum Gasteiger partial charge on any atom is 0.361 e. The van der Waals surface area contributed by atoms with E-state index in [1.807, 2.05) is 21.1 Å². The summed E-state index contributed by atoms with van der Waals surface area (Å²) in [6, 6.07) is 0. The van der Waals surface area contributed by atoms with E-state index >= 15 is 0 Å². The van der Waals surface area contributed by atoms with Crippen LogP contribution >= 0.6 is 0 Å². The van der Waals surface area contributed by atoms with Crippen LogP contribution in [0.4, 0.5) is 0 Å². The van der Waals surface area contributed by atoms with Gasteiger partial charge in [0.2, 0.25) is 0 Å². The number of aliphatic carboxylic acids is 1. The van der Waals surface area contributed by atoms with E-state index < -0.39 is 24.3 Å². The number of quaternary nitrogens is 1. The van der Waals surface area contributed by atoms with E-state index in [-0.39, 0.29) is 32.2 Å². The van der Waals surface area contributed by atoms with Crippen LogP contribution in [0.3, 0.4) is 0 Å². The van der Waals surface area contributed by atoms with Crippen molar-refractivity contribution in [1.29, 1.82) is 0 Å². The first-order valence-corrected chi connectivity index (χ1v) is 23.4. The van der Waals surface area contributed by atoms with Crippen molar-refractivity contribution in [3.63, 3.8) is 0 Å².